The Kier molecular flexibility index (Phi) is 5.21. The Labute approximate surface area is 163 Å². The van der Waals surface area contributed by atoms with Gasteiger partial charge in [-0.3, -0.25) is 4.68 Å². The maximum Gasteiger partial charge on any atom is 0.142 e. The van der Waals surface area contributed by atoms with Crippen LogP contribution in [0.4, 0.5) is 11.5 Å². The van der Waals surface area contributed by atoms with Gasteiger partial charge in [-0.15, -0.1) is 0 Å². The summed E-state index contributed by atoms with van der Waals surface area (Å²) < 4.78 is 12.5. The van der Waals surface area contributed by atoms with Crippen molar-refractivity contribution in [3.63, 3.8) is 0 Å². The zero-order valence-electron chi connectivity index (χ0n) is 15.9. The van der Waals surface area contributed by atoms with Crippen molar-refractivity contribution >= 4 is 22.3 Å². The van der Waals surface area contributed by atoms with Gasteiger partial charge in [0.2, 0.25) is 0 Å². The molecule has 0 saturated heterocycles. The van der Waals surface area contributed by atoms with E-state index in [0.29, 0.717) is 6.61 Å². The highest BCUT2D eigenvalue weighted by Gasteiger charge is 2.09. The summed E-state index contributed by atoms with van der Waals surface area (Å²) in [6.45, 7) is 1.36. The number of hydrogen-bond acceptors (Lipinski definition) is 5. The number of para-hydroxylation sites is 2. The molecular formula is C22H22N4O2. The smallest absolute Gasteiger partial charge is 0.142 e. The molecule has 0 radical (unpaired) electrons. The number of methoxy groups -OCH3 is 2. The first-order valence-corrected chi connectivity index (χ1v) is 9.09. The molecule has 1 N–H and O–H groups in total. The van der Waals surface area contributed by atoms with E-state index in [0.717, 1.165) is 45.7 Å². The number of rotatable bonds is 7. The molecule has 0 bridgehead atoms. The molecule has 2 aromatic carbocycles. The Morgan fingerprint density at radius 2 is 1.93 bits per heavy atom. The first-order chi connectivity index (χ1) is 13.8. The minimum atomic E-state index is 0.632. The lowest BCUT2D eigenvalue weighted by molar-refractivity contribution is 0.183. The van der Waals surface area contributed by atoms with Gasteiger partial charge in [-0.25, -0.2) is 4.98 Å². The Morgan fingerprint density at radius 1 is 1.04 bits per heavy atom. The average Bonchev–Trinajstić information content (AvgIpc) is 3.21. The summed E-state index contributed by atoms with van der Waals surface area (Å²) in [6.07, 6.45) is 5.81. The van der Waals surface area contributed by atoms with E-state index in [2.05, 4.69) is 33.6 Å². The average molecular weight is 374 g/mol. The minimum Gasteiger partial charge on any atom is -0.495 e. The van der Waals surface area contributed by atoms with Crippen LogP contribution >= 0.6 is 0 Å². The first kappa shape index (κ1) is 18.0. The predicted molar refractivity (Wildman–Crippen MR) is 111 cm³/mol. The molecule has 0 unspecified atom stereocenters. The quantitative estimate of drug-likeness (QED) is 0.516. The molecule has 0 amide bonds. The van der Waals surface area contributed by atoms with E-state index in [-0.39, 0.29) is 0 Å². The fraction of sp³-hybridized carbons (Fsp3) is 0.182. The first-order valence-electron chi connectivity index (χ1n) is 9.09. The number of anilines is 2. The summed E-state index contributed by atoms with van der Waals surface area (Å²) >= 11 is 0. The second-order valence-electron chi connectivity index (χ2n) is 6.41. The molecule has 0 aliphatic carbocycles. The van der Waals surface area contributed by atoms with Gasteiger partial charge in [-0.05, 0) is 29.1 Å². The number of hydrogen-bond donors (Lipinski definition) is 1. The number of ether oxygens (including phenoxy) is 2. The molecule has 28 heavy (non-hydrogen) atoms. The Bertz CT molecular complexity index is 1090. The SMILES string of the molecule is COCCn1cc(-c2cccc3cnc(Nc4ccccc4OC)cc23)cn1. The monoisotopic (exact) mass is 374 g/mol. The van der Waals surface area contributed by atoms with Crippen molar-refractivity contribution in [1.29, 1.82) is 0 Å². The normalized spacial score (nSPS) is 10.9. The fourth-order valence-electron chi connectivity index (χ4n) is 3.19. The molecule has 0 spiro atoms. The molecule has 4 aromatic rings. The topological polar surface area (TPSA) is 61.2 Å². The van der Waals surface area contributed by atoms with Crippen LogP contribution in [0.5, 0.6) is 5.75 Å². The molecule has 142 valence electrons. The highest BCUT2D eigenvalue weighted by atomic mass is 16.5. The van der Waals surface area contributed by atoms with Crippen molar-refractivity contribution in [3.05, 3.63) is 67.1 Å². The summed E-state index contributed by atoms with van der Waals surface area (Å²) in [6, 6.07) is 16.1. The van der Waals surface area contributed by atoms with Crippen LogP contribution < -0.4 is 10.1 Å². The van der Waals surface area contributed by atoms with Gasteiger partial charge in [0, 0.05) is 30.5 Å². The van der Waals surface area contributed by atoms with Crippen LogP contribution in [0.1, 0.15) is 0 Å². The van der Waals surface area contributed by atoms with Crippen LogP contribution in [0.3, 0.4) is 0 Å². The fourth-order valence-corrected chi connectivity index (χ4v) is 3.19. The van der Waals surface area contributed by atoms with Crippen molar-refractivity contribution in [3.8, 4) is 16.9 Å². The van der Waals surface area contributed by atoms with Crippen LogP contribution in [0.2, 0.25) is 0 Å². The van der Waals surface area contributed by atoms with E-state index >= 15 is 0 Å². The zero-order chi connectivity index (χ0) is 19.3. The Hall–Kier alpha value is -3.38. The third-order valence-electron chi connectivity index (χ3n) is 4.60. The van der Waals surface area contributed by atoms with E-state index in [1.54, 1.807) is 14.2 Å². The molecule has 6 nitrogen and oxygen atoms in total. The van der Waals surface area contributed by atoms with Crippen LogP contribution in [-0.4, -0.2) is 35.6 Å². The lowest BCUT2D eigenvalue weighted by Crippen LogP contribution is -2.03. The van der Waals surface area contributed by atoms with Gasteiger partial charge in [-0.2, -0.15) is 5.10 Å². The number of pyridine rings is 1. The van der Waals surface area contributed by atoms with Crippen molar-refractivity contribution in [2.75, 3.05) is 26.1 Å². The number of benzene rings is 2. The van der Waals surface area contributed by atoms with Crippen LogP contribution in [-0.2, 0) is 11.3 Å². The number of aromatic nitrogens is 3. The highest BCUT2D eigenvalue weighted by Crippen LogP contribution is 2.31. The van der Waals surface area contributed by atoms with Gasteiger partial charge >= 0.3 is 0 Å². The maximum atomic E-state index is 5.42. The molecule has 0 aliphatic rings. The molecule has 0 saturated carbocycles. The van der Waals surface area contributed by atoms with Gasteiger partial charge in [-0.1, -0.05) is 30.3 Å². The summed E-state index contributed by atoms with van der Waals surface area (Å²) in [5.41, 5.74) is 3.06. The van der Waals surface area contributed by atoms with Crippen molar-refractivity contribution in [1.82, 2.24) is 14.8 Å². The van der Waals surface area contributed by atoms with Gasteiger partial charge in [0.15, 0.2) is 0 Å². The summed E-state index contributed by atoms with van der Waals surface area (Å²) in [4.78, 5) is 4.55. The Balaban J connectivity index is 1.70. The van der Waals surface area contributed by atoms with Gasteiger partial charge < -0.3 is 14.8 Å². The predicted octanol–water partition coefficient (Wildman–Crippen LogP) is 4.50. The van der Waals surface area contributed by atoms with Gasteiger partial charge in [0.05, 0.1) is 32.1 Å². The molecule has 6 heteroatoms. The minimum absolute atomic E-state index is 0.632. The molecule has 4 rings (SSSR count). The van der Waals surface area contributed by atoms with Crippen molar-refractivity contribution in [2.45, 2.75) is 6.54 Å². The van der Waals surface area contributed by atoms with E-state index in [1.807, 2.05) is 53.6 Å². The lowest BCUT2D eigenvalue weighted by Gasteiger charge is -2.12. The van der Waals surface area contributed by atoms with Gasteiger partial charge in [0.1, 0.15) is 11.6 Å². The molecular weight excluding hydrogens is 352 g/mol. The maximum absolute atomic E-state index is 5.42. The second kappa shape index (κ2) is 8.10. The molecule has 2 heterocycles. The Morgan fingerprint density at radius 3 is 2.79 bits per heavy atom. The summed E-state index contributed by atoms with van der Waals surface area (Å²) in [5.74, 6) is 1.54. The molecule has 0 aliphatic heterocycles. The zero-order valence-corrected chi connectivity index (χ0v) is 15.9. The van der Waals surface area contributed by atoms with Crippen molar-refractivity contribution < 1.29 is 9.47 Å². The third kappa shape index (κ3) is 3.68. The molecule has 0 atom stereocenters. The summed E-state index contributed by atoms with van der Waals surface area (Å²) in [5, 5.41) is 9.98. The third-order valence-corrected chi connectivity index (χ3v) is 4.60. The lowest BCUT2D eigenvalue weighted by atomic mass is 10.0. The number of nitrogens with zero attached hydrogens (tertiary/aromatic N) is 3. The highest BCUT2D eigenvalue weighted by molar-refractivity contribution is 5.97. The van der Waals surface area contributed by atoms with Crippen LogP contribution in [0.15, 0.2) is 67.1 Å². The second-order valence-corrected chi connectivity index (χ2v) is 6.41. The van der Waals surface area contributed by atoms with Crippen LogP contribution in [0, 0.1) is 0 Å². The number of nitrogens with one attached hydrogen (secondary N) is 1. The largest absolute Gasteiger partial charge is 0.495 e. The number of fused-ring (bicyclic) bond motifs is 1. The standard InChI is InChI=1S/C22H22N4O2/c1-27-11-10-26-15-17(14-24-26)18-7-5-6-16-13-23-22(12-19(16)18)25-20-8-3-4-9-21(20)28-2/h3-9,12-15H,10-11H2,1-2H3,(H,23,25). The van der Waals surface area contributed by atoms with Crippen LogP contribution in [0.25, 0.3) is 21.9 Å². The summed E-state index contributed by atoms with van der Waals surface area (Å²) in [7, 11) is 3.35. The van der Waals surface area contributed by atoms with E-state index in [1.165, 1.54) is 0 Å². The van der Waals surface area contributed by atoms with E-state index in [4.69, 9.17) is 9.47 Å². The van der Waals surface area contributed by atoms with Crippen molar-refractivity contribution in [2.24, 2.45) is 0 Å². The molecule has 0 fully saturated rings. The van der Waals surface area contributed by atoms with Gasteiger partial charge in [0.25, 0.3) is 0 Å². The van der Waals surface area contributed by atoms with E-state index < -0.39 is 0 Å². The molecule has 2 aromatic heterocycles. The van der Waals surface area contributed by atoms with E-state index in [9.17, 15) is 0 Å².